The molecular weight excluding hydrogens is 336 g/mol. The maximum absolute atomic E-state index is 12.5. The van der Waals surface area contributed by atoms with E-state index < -0.39 is 10.0 Å². The fourth-order valence-corrected chi connectivity index (χ4v) is 4.46. The van der Waals surface area contributed by atoms with Crippen molar-refractivity contribution in [3.05, 3.63) is 59.7 Å². The molecular formula is C19H22N2O3S. The SMILES string of the molecule is Cc1ccccc1NCC(=O)c1ccc(S(=O)(=O)N2CCCC2)cc1. The summed E-state index contributed by atoms with van der Waals surface area (Å²) < 4.78 is 26.5. The maximum Gasteiger partial charge on any atom is 0.243 e. The summed E-state index contributed by atoms with van der Waals surface area (Å²) >= 11 is 0. The number of hydrogen-bond donors (Lipinski definition) is 1. The van der Waals surface area contributed by atoms with Crippen molar-refractivity contribution in [2.24, 2.45) is 0 Å². The van der Waals surface area contributed by atoms with Crippen LogP contribution in [0.4, 0.5) is 5.69 Å². The standard InChI is InChI=1S/C19H22N2O3S/c1-15-6-2-3-7-18(15)20-14-19(22)16-8-10-17(11-9-16)25(23,24)21-12-4-5-13-21/h2-3,6-11,20H,4-5,12-14H2,1H3. The minimum absolute atomic E-state index is 0.0756. The number of anilines is 1. The van der Waals surface area contributed by atoms with Gasteiger partial charge in [0, 0.05) is 24.3 Å². The molecule has 132 valence electrons. The first kappa shape index (κ1) is 17.6. The molecule has 1 fully saturated rings. The lowest BCUT2D eigenvalue weighted by Crippen LogP contribution is -2.27. The van der Waals surface area contributed by atoms with Crippen LogP contribution in [-0.4, -0.2) is 38.1 Å². The third-order valence-corrected chi connectivity index (χ3v) is 6.38. The third-order valence-electron chi connectivity index (χ3n) is 4.46. The average molecular weight is 358 g/mol. The van der Waals surface area contributed by atoms with Crippen molar-refractivity contribution in [2.45, 2.75) is 24.7 Å². The highest BCUT2D eigenvalue weighted by Gasteiger charge is 2.27. The second-order valence-electron chi connectivity index (χ2n) is 6.23. The molecule has 0 unspecified atom stereocenters. The highest BCUT2D eigenvalue weighted by molar-refractivity contribution is 7.89. The number of nitrogens with zero attached hydrogens (tertiary/aromatic N) is 1. The van der Waals surface area contributed by atoms with Crippen LogP contribution in [0.15, 0.2) is 53.4 Å². The summed E-state index contributed by atoms with van der Waals surface area (Å²) in [7, 11) is -3.44. The minimum atomic E-state index is -3.44. The van der Waals surface area contributed by atoms with Crippen molar-refractivity contribution < 1.29 is 13.2 Å². The maximum atomic E-state index is 12.5. The summed E-state index contributed by atoms with van der Waals surface area (Å²) in [4.78, 5) is 12.6. The van der Waals surface area contributed by atoms with E-state index in [4.69, 9.17) is 0 Å². The number of carbonyl (C=O) groups excluding carboxylic acids is 1. The van der Waals surface area contributed by atoms with E-state index in [1.807, 2.05) is 31.2 Å². The topological polar surface area (TPSA) is 66.5 Å². The number of sulfonamides is 1. The highest BCUT2D eigenvalue weighted by Crippen LogP contribution is 2.21. The average Bonchev–Trinajstić information content (AvgIpc) is 3.16. The number of para-hydroxylation sites is 1. The Labute approximate surface area is 148 Å². The monoisotopic (exact) mass is 358 g/mol. The number of benzene rings is 2. The van der Waals surface area contributed by atoms with E-state index in [0.29, 0.717) is 18.7 Å². The van der Waals surface area contributed by atoms with Gasteiger partial charge in [0.15, 0.2) is 5.78 Å². The van der Waals surface area contributed by atoms with Gasteiger partial charge in [0.25, 0.3) is 0 Å². The highest BCUT2D eigenvalue weighted by atomic mass is 32.2. The summed E-state index contributed by atoms with van der Waals surface area (Å²) in [5.74, 6) is -0.0756. The van der Waals surface area contributed by atoms with Crippen LogP contribution < -0.4 is 5.32 Å². The first-order valence-electron chi connectivity index (χ1n) is 8.41. The van der Waals surface area contributed by atoms with Crippen LogP contribution >= 0.6 is 0 Å². The smallest absolute Gasteiger partial charge is 0.243 e. The zero-order valence-electron chi connectivity index (χ0n) is 14.2. The number of carbonyl (C=O) groups is 1. The molecule has 0 saturated carbocycles. The van der Waals surface area contributed by atoms with Gasteiger partial charge in [0.05, 0.1) is 11.4 Å². The van der Waals surface area contributed by atoms with Gasteiger partial charge in [0.2, 0.25) is 10.0 Å². The van der Waals surface area contributed by atoms with Gasteiger partial charge in [-0.1, -0.05) is 18.2 Å². The number of aryl methyl sites for hydroxylation is 1. The molecule has 5 nitrogen and oxygen atoms in total. The van der Waals surface area contributed by atoms with Crippen LogP contribution in [0.1, 0.15) is 28.8 Å². The fraction of sp³-hybridized carbons (Fsp3) is 0.316. The van der Waals surface area contributed by atoms with Crippen LogP contribution in [-0.2, 0) is 10.0 Å². The predicted molar refractivity (Wildman–Crippen MR) is 98.4 cm³/mol. The molecule has 1 aliphatic rings. The largest absolute Gasteiger partial charge is 0.377 e. The minimum Gasteiger partial charge on any atom is -0.377 e. The Hall–Kier alpha value is -2.18. The van der Waals surface area contributed by atoms with Gasteiger partial charge in [0.1, 0.15) is 0 Å². The van der Waals surface area contributed by atoms with Gasteiger partial charge in [-0.3, -0.25) is 4.79 Å². The van der Waals surface area contributed by atoms with E-state index in [-0.39, 0.29) is 17.2 Å². The second kappa shape index (κ2) is 7.37. The number of Topliss-reactive ketones (excluding diaryl/α,β-unsaturated/α-hetero) is 1. The molecule has 0 atom stereocenters. The summed E-state index contributed by atoms with van der Waals surface area (Å²) in [6.45, 7) is 3.29. The molecule has 0 aliphatic carbocycles. The molecule has 0 spiro atoms. The van der Waals surface area contributed by atoms with Crippen LogP contribution in [0.5, 0.6) is 0 Å². The Morgan fingerprint density at radius 1 is 1.04 bits per heavy atom. The molecule has 2 aromatic rings. The van der Waals surface area contributed by atoms with Crippen LogP contribution in [0.3, 0.4) is 0 Å². The van der Waals surface area contributed by atoms with Gasteiger partial charge in [-0.15, -0.1) is 0 Å². The van der Waals surface area contributed by atoms with Gasteiger partial charge < -0.3 is 5.32 Å². The van der Waals surface area contributed by atoms with Crippen LogP contribution in [0.25, 0.3) is 0 Å². The fourth-order valence-electron chi connectivity index (χ4n) is 2.94. The summed E-state index contributed by atoms with van der Waals surface area (Å²) in [5, 5.41) is 3.12. The molecule has 1 aliphatic heterocycles. The normalized spacial score (nSPS) is 15.2. The summed E-state index contributed by atoms with van der Waals surface area (Å²) in [6.07, 6.45) is 1.81. The van der Waals surface area contributed by atoms with E-state index in [1.54, 1.807) is 12.1 Å². The van der Waals surface area contributed by atoms with Gasteiger partial charge in [-0.25, -0.2) is 8.42 Å². The predicted octanol–water partition coefficient (Wildman–Crippen LogP) is 3.07. The molecule has 25 heavy (non-hydrogen) atoms. The van der Waals surface area contributed by atoms with E-state index in [2.05, 4.69) is 5.32 Å². The Bertz CT molecular complexity index is 854. The molecule has 3 rings (SSSR count). The Balaban J connectivity index is 1.67. The lowest BCUT2D eigenvalue weighted by molar-refractivity contribution is 0.101. The van der Waals surface area contributed by atoms with Crippen molar-refractivity contribution in [1.82, 2.24) is 4.31 Å². The van der Waals surface area contributed by atoms with Crippen LogP contribution in [0.2, 0.25) is 0 Å². The molecule has 1 heterocycles. The number of hydrogen-bond acceptors (Lipinski definition) is 4. The molecule has 0 amide bonds. The molecule has 0 aromatic heterocycles. The Morgan fingerprint density at radius 3 is 2.32 bits per heavy atom. The molecule has 0 radical (unpaired) electrons. The van der Waals surface area contributed by atoms with Crippen LogP contribution in [0, 0.1) is 6.92 Å². The number of nitrogens with one attached hydrogen (secondary N) is 1. The zero-order valence-corrected chi connectivity index (χ0v) is 15.1. The molecule has 2 aromatic carbocycles. The van der Waals surface area contributed by atoms with E-state index in [0.717, 1.165) is 24.1 Å². The molecule has 6 heteroatoms. The van der Waals surface area contributed by atoms with E-state index >= 15 is 0 Å². The van der Waals surface area contributed by atoms with Crippen molar-refractivity contribution in [3.63, 3.8) is 0 Å². The zero-order chi connectivity index (χ0) is 17.9. The molecule has 1 saturated heterocycles. The van der Waals surface area contributed by atoms with E-state index in [1.165, 1.54) is 16.4 Å². The molecule has 0 bridgehead atoms. The third kappa shape index (κ3) is 3.91. The van der Waals surface area contributed by atoms with Crippen molar-refractivity contribution in [2.75, 3.05) is 25.0 Å². The van der Waals surface area contributed by atoms with Crippen molar-refractivity contribution >= 4 is 21.5 Å². The van der Waals surface area contributed by atoms with Crippen molar-refractivity contribution in [3.8, 4) is 0 Å². The quantitative estimate of drug-likeness (QED) is 0.806. The Kier molecular flexibility index (Phi) is 5.20. The van der Waals surface area contributed by atoms with Gasteiger partial charge in [-0.05, 0) is 55.7 Å². The summed E-state index contributed by atoms with van der Waals surface area (Å²) in [5.41, 5.74) is 2.49. The van der Waals surface area contributed by atoms with Gasteiger partial charge >= 0.3 is 0 Å². The first-order valence-corrected chi connectivity index (χ1v) is 9.85. The number of ketones is 1. The van der Waals surface area contributed by atoms with Gasteiger partial charge in [-0.2, -0.15) is 4.31 Å². The molecule has 1 N–H and O–H groups in total. The summed E-state index contributed by atoms with van der Waals surface area (Å²) in [6, 6.07) is 14.0. The Morgan fingerprint density at radius 2 is 1.68 bits per heavy atom. The second-order valence-corrected chi connectivity index (χ2v) is 8.17. The first-order chi connectivity index (χ1) is 12.0. The lowest BCUT2D eigenvalue weighted by atomic mass is 10.1. The van der Waals surface area contributed by atoms with E-state index in [9.17, 15) is 13.2 Å². The van der Waals surface area contributed by atoms with Crippen molar-refractivity contribution in [1.29, 1.82) is 0 Å². The lowest BCUT2D eigenvalue weighted by Gasteiger charge is -2.15. The number of rotatable bonds is 6.